The molecule has 0 unspecified atom stereocenters. The second-order valence-corrected chi connectivity index (χ2v) is 8.74. The van der Waals surface area contributed by atoms with E-state index in [1.54, 1.807) is 11.3 Å². The maximum absolute atomic E-state index is 12.9. The Hall–Kier alpha value is -2.34. The van der Waals surface area contributed by atoms with Crippen molar-refractivity contribution in [1.29, 1.82) is 0 Å². The molecule has 1 aromatic heterocycles. The van der Waals surface area contributed by atoms with Crippen molar-refractivity contribution in [2.75, 3.05) is 11.9 Å². The van der Waals surface area contributed by atoms with Crippen LogP contribution < -0.4 is 10.6 Å². The summed E-state index contributed by atoms with van der Waals surface area (Å²) in [6.07, 6.45) is 0.606. The highest BCUT2D eigenvalue weighted by Gasteiger charge is 2.33. The van der Waals surface area contributed by atoms with Gasteiger partial charge in [-0.3, -0.25) is 9.69 Å². The highest BCUT2D eigenvalue weighted by atomic mass is 35.5. The normalized spacial score (nSPS) is 18.8. The lowest BCUT2D eigenvalue weighted by molar-refractivity contribution is 0.0934. The van der Waals surface area contributed by atoms with E-state index in [2.05, 4.69) is 39.8 Å². The third-order valence-corrected chi connectivity index (χ3v) is 6.87. The lowest BCUT2D eigenvalue weighted by Gasteiger charge is -2.29. The molecule has 0 saturated heterocycles. The molecule has 2 aliphatic heterocycles. The zero-order chi connectivity index (χ0) is 19.1. The Morgan fingerprint density at radius 3 is 2.68 bits per heavy atom. The number of hydrogen-bond donors (Lipinski definition) is 2. The van der Waals surface area contributed by atoms with Crippen molar-refractivity contribution in [3.63, 3.8) is 0 Å². The maximum Gasteiger partial charge on any atom is 0.256 e. The van der Waals surface area contributed by atoms with Gasteiger partial charge in [-0.1, -0.05) is 60.1 Å². The van der Waals surface area contributed by atoms with Gasteiger partial charge in [-0.15, -0.1) is 11.3 Å². The minimum absolute atomic E-state index is 0.00678. The van der Waals surface area contributed by atoms with Gasteiger partial charge in [-0.2, -0.15) is 0 Å². The monoisotopic (exact) mass is 409 g/mol. The average molecular weight is 410 g/mol. The van der Waals surface area contributed by atoms with Crippen LogP contribution in [0.25, 0.3) is 0 Å². The molecule has 0 spiro atoms. The van der Waals surface area contributed by atoms with Crippen molar-refractivity contribution < 1.29 is 4.79 Å². The summed E-state index contributed by atoms with van der Waals surface area (Å²) < 4.78 is 0. The van der Waals surface area contributed by atoms with E-state index in [-0.39, 0.29) is 12.1 Å². The molecular weight excluding hydrogens is 390 g/mol. The number of hydrogen-bond acceptors (Lipinski definition) is 4. The Morgan fingerprint density at radius 2 is 1.86 bits per heavy atom. The second-order valence-electron chi connectivity index (χ2n) is 7.23. The molecule has 1 amide bonds. The third-order valence-electron chi connectivity index (χ3n) is 5.38. The van der Waals surface area contributed by atoms with Gasteiger partial charge >= 0.3 is 0 Å². The van der Waals surface area contributed by atoms with Crippen LogP contribution in [0.5, 0.6) is 0 Å². The number of fused-ring (bicyclic) bond motifs is 3. The van der Waals surface area contributed by atoms with Crippen LogP contribution in [0.4, 0.5) is 5.00 Å². The summed E-state index contributed by atoms with van der Waals surface area (Å²) in [4.78, 5) is 16.6. The van der Waals surface area contributed by atoms with Crippen molar-refractivity contribution >= 4 is 33.8 Å². The van der Waals surface area contributed by atoms with Gasteiger partial charge in [0.05, 0.1) is 5.56 Å². The van der Waals surface area contributed by atoms with Gasteiger partial charge in [-0.25, -0.2) is 0 Å². The third kappa shape index (κ3) is 3.20. The van der Waals surface area contributed by atoms with Gasteiger partial charge in [0.2, 0.25) is 0 Å². The van der Waals surface area contributed by atoms with E-state index in [9.17, 15) is 4.79 Å². The number of benzene rings is 2. The first kappa shape index (κ1) is 17.7. The lowest BCUT2D eigenvalue weighted by atomic mass is 10.00. The maximum atomic E-state index is 12.9. The van der Waals surface area contributed by atoms with Crippen LogP contribution in [0.1, 0.15) is 38.1 Å². The molecule has 6 heteroatoms. The van der Waals surface area contributed by atoms with Crippen LogP contribution in [0.3, 0.4) is 0 Å². The van der Waals surface area contributed by atoms with Crippen LogP contribution in [-0.2, 0) is 19.5 Å². The molecule has 0 radical (unpaired) electrons. The summed E-state index contributed by atoms with van der Waals surface area (Å²) in [7, 11) is 0. The summed E-state index contributed by atoms with van der Waals surface area (Å²) >= 11 is 8.04. The van der Waals surface area contributed by atoms with E-state index in [4.69, 9.17) is 11.6 Å². The van der Waals surface area contributed by atoms with Gasteiger partial charge in [0.15, 0.2) is 0 Å². The molecule has 3 heterocycles. The quantitative estimate of drug-likeness (QED) is 0.652. The first-order valence-corrected chi connectivity index (χ1v) is 10.6. The first-order chi connectivity index (χ1) is 13.7. The van der Waals surface area contributed by atoms with Crippen LogP contribution in [0, 0.1) is 0 Å². The minimum Gasteiger partial charge on any atom is -0.353 e. The molecule has 28 heavy (non-hydrogen) atoms. The minimum atomic E-state index is -0.297. The van der Waals surface area contributed by atoms with Crippen LogP contribution in [-0.4, -0.2) is 17.4 Å². The number of rotatable bonds is 3. The Balaban J connectivity index is 1.40. The van der Waals surface area contributed by atoms with Crippen LogP contribution in [0.2, 0.25) is 5.02 Å². The van der Waals surface area contributed by atoms with Crippen molar-refractivity contribution in [3.05, 3.63) is 86.8 Å². The Labute approximate surface area is 173 Å². The molecule has 0 bridgehead atoms. The molecule has 4 nitrogen and oxygen atoms in total. The Kier molecular flexibility index (Phi) is 4.59. The number of amides is 1. The Morgan fingerprint density at radius 1 is 1.07 bits per heavy atom. The van der Waals surface area contributed by atoms with E-state index in [1.807, 2.05) is 30.3 Å². The molecule has 0 saturated carbocycles. The SMILES string of the molecule is O=C1N[C@@H](c2ccccc2Cl)Nc2sc3c(c21)CCN(Cc1ccccc1)C3. The van der Waals surface area contributed by atoms with Gasteiger partial charge in [0.25, 0.3) is 5.91 Å². The summed E-state index contributed by atoms with van der Waals surface area (Å²) in [6, 6.07) is 18.2. The summed E-state index contributed by atoms with van der Waals surface area (Å²) in [5, 5.41) is 8.18. The van der Waals surface area contributed by atoms with Crippen molar-refractivity contribution in [1.82, 2.24) is 10.2 Å². The summed E-state index contributed by atoms with van der Waals surface area (Å²) in [5.41, 5.74) is 4.23. The number of carbonyl (C=O) groups excluding carboxylic acids is 1. The largest absolute Gasteiger partial charge is 0.353 e. The standard InChI is InChI=1S/C22H20ClN3OS/c23-17-9-5-4-8-15(17)20-24-21(27)19-16-10-11-26(12-14-6-2-1-3-7-14)13-18(16)28-22(19)25-20/h1-9,20,25H,10-13H2,(H,24,27)/t20-/m1/s1. The molecule has 0 aliphatic carbocycles. The van der Waals surface area contributed by atoms with Crippen molar-refractivity contribution in [2.24, 2.45) is 0 Å². The second kappa shape index (κ2) is 7.24. The lowest BCUT2D eigenvalue weighted by Crippen LogP contribution is -2.39. The molecule has 1 atom stereocenters. The molecule has 2 aromatic carbocycles. The number of halogens is 1. The topological polar surface area (TPSA) is 44.4 Å². The van der Waals surface area contributed by atoms with Gasteiger partial charge < -0.3 is 10.6 Å². The molecular formula is C22H20ClN3OS. The number of carbonyl (C=O) groups is 1. The number of thiophene rings is 1. The van der Waals surface area contributed by atoms with Crippen molar-refractivity contribution in [2.45, 2.75) is 25.7 Å². The summed E-state index contributed by atoms with van der Waals surface area (Å²) in [6.45, 7) is 2.78. The predicted molar refractivity (Wildman–Crippen MR) is 114 cm³/mol. The van der Waals surface area contributed by atoms with Gasteiger partial charge in [-0.05, 0) is 23.6 Å². The molecule has 3 aromatic rings. The first-order valence-electron chi connectivity index (χ1n) is 9.41. The smallest absolute Gasteiger partial charge is 0.256 e. The fraction of sp³-hybridized carbons (Fsp3) is 0.227. The van der Waals surface area contributed by atoms with E-state index in [0.717, 1.165) is 42.2 Å². The van der Waals surface area contributed by atoms with E-state index in [1.165, 1.54) is 16.0 Å². The zero-order valence-electron chi connectivity index (χ0n) is 15.2. The fourth-order valence-electron chi connectivity index (χ4n) is 4.01. The summed E-state index contributed by atoms with van der Waals surface area (Å²) in [5.74, 6) is -0.00678. The van der Waals surface area contributed by atoms with Gasteiger partial charge in [0.1, 0.15) is 11.2 Å². The van der Waals surface area contributed by atoms with Crippen LogP contribution >= 0.6 is 22.9 Å². The van der Waals surface area contributed by atoms with E-state index < -0.39 is 0 Å². The van der Waals surface area contributed by atoms with E-state index in [0.29, 0.717) is 5.02 Å². The molecule has 2 aliphatic rings. The van der Waals surface area contributed by atoms with Crippen molar-refractivity contribution in [3.8, 4) is 0 Å². The number of anilines is 1. The molecule has 2 N–H and O–H groups in total. The predicted octanol–water partition coefficient (Wildman–Crippen LogP) is 4.81. The Bertz CT molecular complexity index is 1030. The molecule has 5 rings (SSSR count). The highest BCUT2D eigenvalue weighted by Crippen LogP contribution is 2.41. The molecule has 0 fully saturated rings. The highest BCUT2D eigenvalue weighted by molar-refractivity contribution is 7.16. The zero-order valence-corrected chi connectivity index (χ0v) is 16.8. The van der Waals surface area contributed by atoms with Gasteiger partial charge in [0, 0.05) is 35.1 Å². The average Bonchev–Trinajstić information content (AvgIpc) is 3.07. The number of nitrogens with one attached hydrogen (secondary N) is 2. The number of nitrogens with zero attached hydrogens (tertiary/aromatic N) is 1. The molecule has 142 valence electrons. The van der Waals surface area contributed by atoms with E-state index >= 15 is 0 Å². The van der Waals surface area contributed by atoms with Crippen LogP contribution in [0.15, 0.2) is 54.6 Å². The fourth-order valence-corrected chi connectivity index (χ4v) is 5.57.